The van der Waals surface area contributed by atoms with Gasteiger partial charge in [0.2, 0.25) is 8.38 Å². The zero-order chi connectivity index (χ0) is 16.0. The predicted molar refractivity (Wildman–Crippen MR) is 97.9 cm³/mol. The van der Waals surface area contributed by atoms with E-state index in [1.54, 1.807) is 0 Å². The first-order valence-electron chi connectivity index (χ1n) is 8.90. The molecule has 3 heteroatoms. The number of hydrogen-bond acceptors (Lipinski definition) is 2. The predicted octanol–water partition coefficient (Wildman–Crippen LogP) is 6.13. The van der Waals surface area contributed by atoms with Gasteiger partial charge in [0.15, 0.2) is 0 Å². The summed E-state index contributed by atoms with van der Waals surface area (Å²) >= 11 is 0. The topological polar surface area (TPSA) is 18.5 Å². The zero-order valence-corrected chi connectivity index (χ0v) is 15.5. The molecule has 0 atom stereocenters. The molecule has 0 saturated heterocycles. The average Bonchev–Trinajstić information content (AvgIpc) is 2.53. The van der Waals surface area contributed by atoms with Crippen LogP contribution in [0, 0.1) is 6.92 Å². The van der Waals surface area contributed by atoms with E-state index in [1.807, 2.05) is 0 Å². The Bertz CT molecular complexity index is 350. The summed E-state index contributed by atoms with van der Waals surface area (Å²) in [7, 11) is -0.910. The third-order valence-corrected chi connectivity index (χ3v) is 5.21. The summed E-state index contributed by atoms with van der Waals surface area (Å²) in [6, 6.07) is 8.59. The quantitative estimate of drug-likeness (QED) is 0.321. The molecule has 1 aromatic rings. The van der Waals surface area contributed by atoms with Crippen LogP contribution in [0.5, 0.6) is 0 Å². The first kappa shape index (κ1) is 19.6. The summed E-state index contributed by atoms with van der Waals surface area (Å²) < 4.78 is 12.1. The molecule has 0 radical (unpaired) electrons. The number of benzene rings is 1. The van der Waals surface area contributed by atoms with Gasteiger partial charge in [-0.1, -0.05) is 70.1 Å². The van der Waals surface area contributed by atoms with Crippen molar-refractivity contribution in [1.29, 1.82) is 0 Å². The third-order valence-electron chi connectivity index (χ3n) is 3.66. The normalized spacial score (nSPS) is 11.3. The zero-order valence-electron chi connectivity index (χ0n) is 14.6. The van der Waals surface area contributed by atoms with Crippen LogP contribution in [0.15, 0.2) is 24.3 Å². The van der Waals surface area contributed by atoms with E-state index in [0.717, 1.165) is 26.1 Å². The van der Waals surface area contributed by atoms with Gasteiger partial charge in [-0.25, -0.2) is 0 Å². The van der Waals surface area contributed by atoms with Crippen molar-refractivity contribution in [2.75, 3.05) is 13.2 Å². The lowest BCUT2D eigenvalue weighted by Gasteiger charge is -2.18. The monoisotopic (exact) mass is 324 g/mol. The molecule has 0 N–H and O–H groups in total. The van der Waals surface area contributed by atoms with Crippen LogP contribution in [0.25, 0.3) is 0 Å². The molecule has 1 rings (SSSR count). The second-order valence-corrected chi connectivity index (χ2v) is 7.43. The van der Waals surface area contributed by atoms with E-state index in [0.29, 0.717) is 0 Å². The average molecular weight is 324 g/mol. The first-order chi connectivity index (χ1) is 10.8. The van der Waals surface area contributed by atoms with Gasteiger partial charge in [-0.2, -0.15) is 0 Å². The second-order valence-electron chi connectivity index (χ2n) is 5.88. The Morgan fingerprint density at radius 1 is 0.727 bits per heavy atom. The molecule has 0 bridgehead atoms. The van der Waals surface area contributed by atoms with Gasteiger partial charge in [0.25, 0.3) is 0 Å². The van der Waals surface area contributed by atoms with Crippen LogP contribution >= 0.6 is 8.38 Å². The lowest BCUT2D eigenvalue weighted by molar-refractivity contribution is 0.247. The van der Waals surface area contributed by atoms with E-state index < -0.39 is 8.38 Å². The Hall–Kier alpha value is -0.430. The fourth-order valence-corrected chi connectivity index (χ4v) is 3.56. The Morgan fingerprint density at radius 3 is 1.68 bits per heavy atom. The van der Waals surface area contributed by atoms with Crippen molar-refractivity contribution < 1.29 is 9.05 Å². The molecule has 1 aromatic carbocycles. The lowest BCUT2D eigenvalue weighted by atomic mass is 10.2. The van der Waals surface area contributed by atoms with Crippen molar-refractivity contribution in [2.24, 2.45) is 0 Å². The van der Waals surface area contributed by atoms with E-state index in [2.05, 4.69) is 45.0 Å². The lowest BCUT2D eigenvalue weighted by Crippen LogP contribution is -2.07. The van der Waals surface area contributed by atoms with Crippen LogP contribution in [0.4, 0.5) is 0 Å². The van der Waals surface area contributed by atoms with E-state index >= 15 is 0 Å². The maximum Gasteiger partial charge on any atom is 0.205 e. The minimum absolute atomic E-state index is 0.814. The largest absolute Gasteiger partial charge is 0.331 e. The smallest absolute Gasteiger partial charge is 0.205 e. The van der Waals surface area contributed by atoms with Gasteiger partial charge >= 0.3 is 0 Å². The minimum Gasteiger partial charge on any atom is -0.331 e. The molecule has 0 unspecified atom stereocenters. The number of rotatable bonds is 13. The SMILES string of the molecule is CCCCCCOP(OCCCCCC)c1ccc(C)cc1. The molecule has 2 nitrogen and oxygen atoms in total. The highest BCUT2D eigenvalue weighted by atomic mass is 31.2. The van der Waals surface area contributed by atoms with Crippen LogP contribution in [0.2, 0.25) is 0 Å². The highest BCUT2D eigenvalue weighted by Crippen LogP contribution is 2.37. The molecular formula is C19H33O2P. The molecule has 22 heavy (non-hydrogen) atoms. The van der Waals surface area contributed by atoms with Crippen LogP contribution in [0.3, 0.4) is 0 Å². The molecule has 0 heterocycles. The highest BCUT2D eigenvalue weighted by molar-refractivity contribution is 7.56. The van der Waals surface area contributed by atoms with E-state index in [9.17, 15) is 0 Å². The third kappa shape index (κ3) is 8.88. The van der Waals surface area contributed by atoms with E-state index in [-0.39, 0.29) is 0 Å². The highest BCUT2D eigenvalue weighted by Gasteiger charge is 2.13. The van der Waals surface area contributed by atoms with Gasteiger partial charge in [-0.15, -0.1) is 0 Å². The molecule has 126 valence electrons. The summed E-state index contributed by atoms with van der Waals surface area (Å²) in [5, 5.41) is 1.20. The molecule has 0 aromatic heterocycles. The van der Waals surface area contributed by atoms with Gasteiger partial charge < -0.3 is 9.05 Å². The number of aryl methyl sites for hydroxylation is 1. The summed E-state index contributed by atoms with van der Waals surface area (Å²) in [6.45, 7) is 8.21. The Kier molecular flexibility index (Phi) is 11.6. The number of hydrogen-bond donors (Lipinski definition) is 0. The first-order valence-corrected chi connectivity index (χ1v) is 10.1. The molecule has 0 aliphatic heterocycles. The fourth-order valence-electron chi connectivity index (χ4n) is 2.21. The Balaban J connectivity index is 2.40. The van der Waals surface area contributed by atoms with Gasteiger partial charge in [-0.3, -0.25) is 0 Å². The van der Waals surface area contributed by atoms with Crippen molar-refractivity contribution in [3.05, 3.63) is 29.8 Å². The van der Waals surface area contributed by atoms with Crippen molar-refractivity contribution in [3.63, 3.8) is 0 Å². The van der Waals surface area contributed by atoms with Crippen LogP contribution < -0.4 is 5.30 Å². The van der Waals surface area contributed by atoms with E-state index in [1.165, 1.54) is 49.4 Å². The molecule has 0 aliphatic carbocycles. The fraction of sp³-hybridized carbons (Fsp3) is 0.684. The number of unbranched alkanes of at least 4 members (excludes halogenated alkanes) is 6. The molecule has 0 spiro atoms. The summed E-state index contributed by atoms with van der Waals surface area (Å²) in [5.41, 5.74) is 1.28. The summed E-state index contributed by atoms with van der Waals surface area (Å²) in [4.78, 5) is 0. The van der Waals surface area contributed by atoms with Gasteiger partial charge in [-0.05, 0) is 31.9 Å². The van der Waals surface area contributed by atoms with Gasteiger partial charge in [0.05, 0.1) is 13.2 Å². The standard InChI is InChI=1S/C19H33O2P/c1-4-6-8-10-16-20-22(21-17-11-9-7-5-2)19-14-12-18(3)13-15-19/h12-15H,4-11,16-17H2,1-3H3. The molecule has 0 aliphatic rings. The van der Waals surface area contributed by atoms with Crippen LogP contribution in [0.1, 0.15) is 70.8 Å². The summed E-state index contributed by atoms with van der Waals surface area (Å²) in [5.74, 6) is 0. The maximum absolute atomic E-state index is 6.06. The van der Waals surface area contributed by atoms with Crippen molar-refractivity contribution in [1.82, 2.24) is 0 Å². The van der Waals surface area contributed by atoms with Crippen molar-refractivity contribution >= 4 is 13.7 Å². The van der Waals surface area contributed by atoms with Crippen molar-refractivity contribution in [3.8, 4) is 0 Å². The minimum atomic E-state index is -0.910. The molecule has 0 amide bonds. The van der Waals surface area contributed by atoms with Crippen LogP contribution in [-0.2, 0) is 9.05 Å². The van der Waals surface area contributed by atoms with Gasteiger partial charge in [0, 0.05) is 5.30 Å². The molecular weight excluding hydrogens is 291 g/mol. The molecule has 0 fully saturated rings. The van der Waals surface area contributed by atoms with E-state index in [4.69, 9.17) is 9.05 Å². The second kappa shape index (κ2) is 13.0. The van der Waals surface area contributed by atoms with Gasteiger partial charge in [0.1, 0.15) is 0 Å². The molecule has 0 saturated carbocycles. The van der Waals surface area contributed by atoms with Crippen molar-refractivity contribution in [2.45, 2.75) is 72.1 Å². The van der Waals surface area contributed by atoms with Crippen LogP contribution in [-0.4, -0.2) is 13.2 Å². The Morgan fingerprint density at radius 2 is 1.23 bits per heavy atom. The summed E-state index contributed by atoms with van der Waals surface area (Å²) in [6.07, 6.45) is 9.90. The Labute approximate surface area is 138 Å². The maximum atomic E-state index is 6.06.